The minimum Gasteiger partial charge on any atom is -0.324 e. The van der Waals surface area contributed by atoms with Gasteiger partial charge in [0.25, 0.3) is 0 Å². The summed E-state index contributed by atoms with van der Waals surface area (Å²) in [6, 6.07) is 0. The van der Waals surface area contributed by atoms with E-state index in [0.29, 0.717) is 6.42 Å². The summed E-state index contributed by atoms with van der Waals surface area (Å²) in [4.78, 5) is 17.8. The molecule has 4 nitrogen and oxygen atoms in total. The molecule has 0 radical (unpaired) electrons. The van der Waals surface area contributed by atoms with Crippen molar-refractivity contribution < 1.29 is 14.4 Å². The Balaban J connectivity index is 3.96. The zero-order valence-corrected chi connectivity index (χ0v) is 13.2. The molecule has 0 aromatic rings. The van der Waals surface area contributed by atoms with Crippen molar-refractivity contribution in [3.05, 3.63) is 0 Å². The first kappa shape index (κ1) is 16.1. The van der Waals surface area contributed by atoms with E-state index >= 15 is 0 Å². The summed E-state index contributed by atoms with van der Waals surface area (Å²) in [5.41, 5.74) is -0.623. The highest BCUT2D eigenvalue weighted by Gasteiger charge is 2.26. The summed E-state index contributed by atoms with van der Waals surface area (Å²) in [5, 5.41) is 0. The van der Waals surface area contributed by atoms with Crippen LogP contribution in [0.1, 0.15) is 40.0 Å². The fourth-order valence-corrected chi connectivity index (χ4v) is 1.96. The maximum Gasteiger partial charge on any atom is 0.328 e. The van der Waals surface area contributed by atoms with E-state index in [1.807, 2.05) is 13.8 Å². The minimum atomic E-state index is -3.90. The Bertz CT molecular complexity index is 242. The fraction of sp³-hybridized carbons (Fsp3) is 1.00. The van der Waals surface area contributed by atoms with Gasteiger partial charge in [0.2, 0.25) is 0 Å². The van der Waals surface area contributed by atoms with Gasteiger partial charge in [-0.15, -0.1) is 0 Å². The number of hydrogen-bond donors (Lipinski definition) is 2. The molecule has 0 amide bonds. The highest BCUT2D eigenvalue weighted by atomic mass is 79.9. The highest BCUT2D eigenvalue weighted by molar-refractivity contribution is 9.21. The first-order valence-corrected chi connectivity index (χ1v) is 7.84. The molecule has 0 aromatic heterocycles. The fourth-order valence-electron chi connectivity index (χ4n) is 1.08. The summed E-state index contributed by atoms with van der Waals surface area (Å²) in [6.07, 6.45) is 2.18. The lowest BCUT2D eigenvalue weighted by Gasteiger charge is -2.28. The lowest BCUT2D eigenvalue weighted by atomic mass is 9.98. The van der Waals surface area contributed by atoms with Gasteiger partial charge in [0.1, 0.15) is 0 Å². The van der Waals surface area contributed by atoms with Crippen LogP contribution in [-0.2, 0) is 4.57 Å². The van der Waals surface area contributed by atoms with Crippen LogP contribution >= 0.6 is 39.9 Å². The van der Waals surface area contributed by atoms with Gasteiger partial charge in [-0.2, -0.15) is 2.95 Å². The monoisotopic (exact) mass is 365 g/mol. The van der Waals surface area contributed by atoms with E-state index in [0.717, 1.165) is 12.8 Å². The second-order valence-electron chi connectivity index (χ2n) is 4.38. The molecule has 0 heterocycles. The van der Waals surface area contributed by atoms with Gasteiger partial charge in [0.15, 0.2) is 0 Å². The number of halogens is 2. The highest BCUT2D eigenvalue weighted by Crippen LogP contribution is 2.43. The van der Waals surface area contributed by atoms with Gasteiger partial charge in [0.05, 0.1) is 5.66 Å². The average molecular weight is 367 g/mol. The quantitative estimate of drug-likeness (QED) is 0.558. The van der Waals surface area contributed by atoms with Crippen LogP contribution in [0.15, 0.2) is 0 Å². The predicted molar refractivity (Wildman–Crippen MR) is 69.1 cm³/mol. The molecule has 15 heavy (non-hydrogen) atoms. The smallest absolute Gasteiger partial charge is 0.324 e. The third kappa shape index (κ3) is 6.39. The largest absolute Gasteiger partial charge is 0.328 e. The molecule has 0 rings (SSSR count). The van der Waals surface area contributed by atoms with Crippen LogP contribution in [0.5, 0.6) is 0 Å². The first-order chi connectivity index (χ1) is 6.57. The molecule has 0 saturated heterocycles. The molecule has 0 saturated carbocycles. The van der Waals surface area contributed by atoms with E-state index < -0.39 is 13.3 Å². The standard InChI is InChI=1S/C8H18Br2NO3P/c1-7(15(12,13)14)5-4-6-8(2,3)11(9)10/h7H,4-6H2,1-3H3,(H2,12,13,14). The SMILES string of the molecule is CC(CCCC(C)(C)N(Br)Br)P(=O)(O)O. The van der Waals surface area contributed by atoms with Crippen LogP contribution in [0.3, 0.4) is 0 Å². The lowest BCUT2D eigenvalue weighted by molar-refractivity contribution is 0.331. The lowest BCUT2D eigenvalue weighted by Crippen LogP contribution is -2.30. The topological polar surface area (TPSA) is 60.8 Å². The summed E-state index contributed by atoms with van der Waals surface area (Å²) in [6.45, 7) is 5.67. The molecule has 0 bridgehead atoms. The van der Waals surface area contributed by atoms with Gasteiger partial charge in [-0.1, -0.05) is 13.3 Å². The molecule has 92 valence electrons. The molecular weight excluding hydrogens is 349 g/mol. The molecular formula is C8H18Br2NO3P. The number of nitrogens with zero attached hydrogens (tertiary/aromatic N) is 1. The van der Waals surface area contributed by atoms with Crippen molar-refractivity contribution in [2.45, 2.75) is 51.2 Å². The summed E-state index contributed by atoms with van der Waals surface area (Å²) in [5.74, 6) is 0. The summed E-state index contributed by atoms with van der Waals surface area (Å²) >= 11 is 6.60. The molecule has 0 aliphatic rings. The van der Waals surface area contributed by atoms with E-state index in [-0.39, 0.29) is 5.54 Å². The Kier molecular flexibility index (Phi) is 6.56. The predicted octanol–water partition coefficient (Wildman–Crippen LogP) is 3.42. The van der Waals surface area contributed by atoms with E-state index in [1.54, 1.807) is 9.88 Å². The van der Waals surface area contributed by atoms with Crippen molar-refractivity contribution in [1.82, 2.24) is 2.95 Å². The Morgan fingerprint density at radius 2 is 1.87 bits per heavy atom. The van der Waals surface area contributed by atoms with Gasteiger partial charge >= 0.3 is 7.60 Å². The van der Waals surface area contributed by atoms with E-state index in [1.165, 1.54) is 0 Å². The van der Waals surface area contributed by atoms with E-state index in [9.17, 15) is 4.57 Å². The van der Waals surface area contributed by atoms with Gasteiger partial charge in [-0.05, 0) is 26.7 Å². The van der Waals surface area contributed by atoms with E-state index in [2.05, 4.69) is 32.3 Å². The normalized spacial score (nSPS) is 15.7. The van der Waals surface area contributed by atoms with Crippen LogP contribution < -0.4 is 0 Å². The Morgan fingerprint density at radius 3 is 2.20 bits per heavy atom. The first-order valence-electron chi connectivity index (χ1n) is 4.74. The molecule has 1 unspecified atom stereocenters. The van der Waals surface area contributed by atoms with Crippen molar-refractivity contribution in [3.63, 3.8) is 0 Å². The Labute approximate surface area is 108 Å². The molecule has 0 aromatic carbocycles. The number of rotatable bonds is 6. The van der Waals surface area contributed by atoms with Crippen LogP contribution in [0.25, 0.3) is 0 Å². The van der Waals surface area contributed by atoms with Crippen molar-refractivity contribution >= 4 is 39.9 Å². The second-order valence-corrected chi connectivity index (χ2v) is 8.81. The zero-order chi connectivity index (χ0) is 12.3. The van der Waals surface area contributed by atoms with Crippen molar-refractivity contribution in [3.8, 4) is 0 Å². The van der Waals surface area contributed by atoms with Crippen molar-refractivity contribution in [2.24, 2.45) is 0 Å². The third-order valence-corrected chi connectivity index (χ3v) is 5.77. The van der Waals surface area contributed by atoms with Crippen LogP contribution in [-0.4, -0.2) is 23.9 Å². The van der Waals surface area contributed by atoms with E-state index in [4.69, 9.17) is 9.79 Å². The Morgan fingerprint density at radius 1 is 1.40 bits per heavy atom. The molecule has 0 spiro atoms. The maximum atomic E-state index is 10.9. The molecule has 0 aliphatic carbocycles. The Hall–Kier alpha value is 1.07. The van der Waals surface area contributed by atoms with Gasteiger partial charge in [-0.25, -0.2) is 0 Å². The molecule has 2 N–H and O–H groups in total. The van der Waals surface area contributed by atoms with Crippen LogP contribution in [0.4, 0.5) is 0 Å². The molecule has 0 aliphatic heterocycles. The van der Waals surface area contributed by atoms with Crippen molar-refractivity contribution in [2.75, 3.05) is 0 Å². The summed E-state index contributed by atoms with van der Waals surface area (Å²) < 4.78 is 12.6. The van der Waals surface area contributed by atoms with Gasteiger partial charge < -0.3 is 9.79 Å². The van der Waals surface area contributed by atoms with Gasteiger partial charge in [0, 0.05) is 37.8 Å². The van der Waals surface area contributed by atoms with Crippen LogP contribution in [0.2, 0.25) is 0 Å². The summed E-state index contributed by atoms with van der Waals surface area (Å²) in [7, 11) is -3.90. The maximum absolute atomic E-state index is 10.9. The average Bonchev–Trinajstić information content (AvgIpc) is 2.01. The molecule has 0 fully saturated rings. The zero-order valence-electron chi connectivity index (χ0n) is 9.15. The third-order valence-electron chi connectivity index (χ3n) is 2.44. The van der Waals surface area contributed by atoms with Crippen LogP contribution in [0, 0.1) is 0 Å². The molecule has 1 atom stereocenters. The van der Waals surface area contributed by atoms with Gasteiger partial charge in [-0.3, -0.25) is 4.57 Å². The van der Waals surface area contributed by atoms with Crippen molar-refractivity contribution in [1.29, 1.82) is 0 Å². The molecule has 7 heteroatoms. The minimum absolute atomic E-state index is 0.0748. The second kappa shape index (κ2) is 6.12. The number of hydrogen-bond acceptors (Lipinski definition) is 2.